The fraction of sp³-hybridized carbons (Fsp3) is 0.812. The molecule has 4 aliphatic rings. The maximum atomic E-state index is 13.1. The summed E-state index contributed by atoms with van der Waals surface area (Å²) in [6.45, 7) is 15.0. The molecule has 0 aromatic rings. The molecule has 4 aliphatic carbocycles. The van der Waals surface area contributed by atoms with Crippen molar-refractivity contribution in [2.45, 2.75) is 117 Å². The highest BCUT2D eigenvalue weighted by atomic mass is 16.6. The van der Waals surface area contributed by atoms with Gasteiger partial charge >= 0.3 is 11.9 Å². The molecule has 1 spiro atoms. The van der Waals surface area contributed by atoms with Crippen LogP contribution in [0.3, 0.4) is 0 Å². The van der Waals surface area contributed by atoms with Crippen molar-refractivity contribution in [1.82, 2.24) is 0 Å². The van der Waals surface area contributed by atoms with Crippen LogP contribution in [0.5, 0.6) is 0 Å². The van der Waals surface area contributed by atoms with Crippen molar-refractivity contribution in [2.75, 3.05) is 6.61 Å². The van der Waals surface area contributed by atoms with Gasteiger partial charge in [-0.3, -0.25) is 9.59 Å². The van der Waals surface area contributed by atoms with Crippen LogP contribution in [0.2, 0.25) is 0 Å². The third-order valence-electron chi connectivity index (χ3n) is 11.2. The monoisotopic (exact) mass is 562 g/mol. The van der Waals surface area contributed by atoms with Gasteiger partial charge in [-0.15, -0.1) is 0 Å². The Balaban J connectivity index is 1.80. The number of carbonyl (C=O) groups is 2. The number of unbranched alkanes of at least 4 members (excludes halogenated alkanes) is 2. The van der Waals surface area contributed by atoms with Crippen molar-refractivity contribution >= 4 is 11.9 Å². The van der Waals surface area contributed by atoms with E-state index in [1.54, 1.807) is 26.0 Å². The second kappa shape index (κ2) is 10.5. The molecular formula is C32H50O8. The minimum Gasteiger partial charge on any atom is -0.461 e. The highest BCUT2D eigenvalue weighted by molar-refractivity contribution is 5.72. The average Bonchev–Trinajstić information content (AvgIpc) is 3.29. The van der Waals surface area contributed by atoms with E-state index in [4.69, 9.17) is 9.47 Å². The Labute approximate surface area is 238 Å². The van der Waals surface area contributed by atoms with Gasteiger partial charge in [0.05, 0.1) is 17.4 Å². The standard InChI is InChI=1S/C32H50O8/c1-9-10-11-12-23(33)40-31-15-19(5)30-14-18(4)25(34)32(30,38)26(35)21(16-39-28(37)20(6)17(2)3)13-22(27(30)36)24(31)29(31,7)8/h13-14,17,19-20,22,24-27,34-36,38H,9-12,15-16H2,1-8H3/t19-,20?,22+,24-,25+,26-,27?,30+,31+,32-/m1/s1. The van der Waals surface area contributed by atoms with Gasteiger partial charge in [0, 0.05) is 23.7 Å². The first kappa shape index (κ1) is 31.2. The van der Waals surface area contributed by atoms with Gasteiger partial charge in [0.25, 0.3) is 0 Å². The van der Waals surface area contributed by atoms with Gasteiger partial charge in [0.15, 0.2) is 0 Å². The number of carbonyl (C=O) groups excluding carboxylic acids is 2. The predicted molar refractivity (Wildman–Crippen MR) is 150 cm³/mol. The van der Waals surface area contributed by atoms with E-state index in [-0.39, 0.29) is 35.9 Å². The molecule has 0 aromatic carbocycles. The van der Waals surface area contributed by atoms with Crippen molar-refractivity contribution in [3.8, 4) is 0 Å². The quantitative estimate of drug-likeness (QED) is 0.190. The number of aliphatic hydroxyl groups is 4. The maximum Gasteiger partial charge on any atom is 0.309 e. The summed E-state index contributed by atoms with van der Waals surface area (Å²) in [6, 6.07) is 0. The summed E-state index contributed by atoms with van der Waals surface area (Å²) >= 11 is 0. The Morgan fingerprint density at radius 2 is 1.75 bits per heavy atom. The molecule has 40 heavy (non-hydrogen) atoms. The smallest absolute Gasteiger partial charge is 0.309 e. The predicted octanol–water partition coefficient (Wildman–Crippen LogP) is 3.70. The lowest BCUT2D eigenvalue weighted by Crippen LogP contribution is -2.66. The highest BCUT2D eigenvalue weighted by Crippen LogP contribution is 2.76. The van der Waals surface area contributed by atoms with E-state index in [1.165, 1.54) is 0 Å². The topological polar surface area (TPSA) is 134 Å². The van der Waals surface area contributed by atoms with Crippen LogP contribution in [-0.4, -0.2) is 68.5 Å². The van der Waals surface area contributed by atoms with E-state index < -0.39 is 58.1 Å². The fourth-order valence-electron chi connectivity index (χ4n) is 8.36. The summed E-state index contributed by atoms with van der Waals surface area (Å²) < 4.78 is 11.9. The highest BCUT2D eigenvalue weighted by Gasteiger charge is 2.82. The number of esters is 2. The van der Waals surface area contributed by atoms with Crippen LogP contribution >= 0.6 is 0 Å². The van der Waals surface area contributed by atoms with Gasteiger partial charge in [-0.05, 0) is 42.7 Å². The zero-order chi connectivity index (χ0) is 30.0. The SMILES string of the molecule is CCCCCC(=O)O[C@@]12C[C@@H](C)[C@]34C=C(C)[C@H](O)[C@@]3(O)[C@H](O)C(COC(=O)C(C)C(C)C)=C[C@H](C4O)[C@@H]1C2(C)C. The minimum absolute atomic E-state index is 0.0572. The van der Waals surface area contributed by atoms with Crippen LogP contribution in [0, 0.1) is 40.4 Å². The van der Waals surface area contributed by atoms with Gasteiger partial charge in [0.2, 0.25) is 0 Å². The minimum atomic E-state index is -2.17. The first-order valence-electron chi connectivity index (χ1n) is 15.1. The number of aliphatic hydroxyl groups excluding tert-OH is 3. The zero-order valence-corrected chi connectivity index (χ0v) is 25.4. The largest absolute Gasteiger partial charge is 0.461 e. The first-order chi connectivity index (χ1) is 18.5. The Morgan fingerprint density at radius 1 is 1.10 bits per heavy atom. The first-order valence-corrected chi connectivity index (χ1v) is 15.1. The second-order valence-electron chi connectivity index (χ2n) is 14.0. The lowest BCUT2D eigenvalue weighted by molar-refractivity contribution is -0.217. The molecule has 2 bridgehead atoms. The van der Waals surface area contributed by atoms with Crippen LogP contribution in [-0.2, 0) is 19.1 Å². The summed E-state index contributed by atoms with van der Waals surface area (Å²) in [5.74, 6) is -2.40. The third kappa shape index (κ3) is 4.23. The lowest BCUT2D eigenvalue weighted by Gasteiger charge is -2.51. The van der Waals surface area contributed by atoms with Crippen LogP contribution in [0.1, 0.15) is 87.5 Å². The maximum absolute atomic E-state index is 13.1. The molecule has 0 aliphatic heterocycles. The number of rotatable bonds is 9. The van der Waals surface area contributed by atoms with Crippen molar-refractivity contribution in [3.63, 3.8) is 0 Å². The number of fused-ring (bicyclic) bond motifs is 3. The molecular weight excluding hydrogens is 512 g/mol. The zero-order valence-electron chi connectivity index (χ0n) is 25.4. The summed E-state index contributed by atoms with van der Waals surface area (Å²) in [5.41, 5.74) is -4.26. The van der Waals surface area contributed by atoms with Gasteiger partial charge in [-0.25, -0.2) is 0 Å². The Kier molecular flexibility index (Phi) is 8.20. The fourth-order valence-corrected chi connectivity index (χ4v) is 8.36. The number of hydrogen-bond acceptors (Lipinski definition) is 8. The van der Waals surface area contributed by atoms with Crippen LogP contribution in [0.15, 0.2) is 23.3 Å². The van der Waals surface area contributed by atoms with Gasteiger partial charge < -0.3 is 29.9 Å². The molecule has 2 saturated carbocycles. The van der Waals surface area contributed by atoms with E-state index >= 15 is 0 Å². The van der Waals surface area contributed by atoms with Crippen molar-refractivity contribution < 1.29 is 39.5 Å². The molecule has 226 valence electrons. The summed E-state index contributed by atoms with van der Waals surface area (Å²) in [6.07, 6.45) is 2.57. The Hall–Kier alpha value is -1.74. The van der Waals surface area contributed by atoms with Gasteiger partial charge in [-0.1, -0.05) is 73.5 Å². The Bertz CT molecular complexity index is 1080. The van der Waals surface area contributed by atoms with Gasteiger partial charge in [0.1, 0.15) is 30.0 Å². The number of hydrogen-bond donors (Lipinski definition) is 4. The van der Waals surface area contributed by atoms with Crippen LogP contribution in [0.25, 0.3) is 0 Å². The summed E-state index contributed by atoms with van der Waals surface area (Å²) in [4.78, 5) is 25.8. The van der Waals surface area contributed by atoms with E-state index in [1.807, 2.05) is 34.6 Å². The van der Waals surface area contributed by atoms with Crippen LogP contribution < -0.4 is 0 Å². The molecule has 0 saturated heterocycles. The van der Waals surface area contributed by atoms with Crippen molar-refractivity contribution in [3.05, 3.63) is 23.3 Å². The molecule has 8 heteroatoms. The molecule has 10 atom stereocenters. The third-order valence-corrected chi connectivity index (χ3v) is 11.2. The normalized spacial score (nSPS) is 42.0. The molecule has 0 amide bonds. The van der Waals surface area contributed by atoms with E-state index in [0.29, 0.717) is 18.4 Å². The summed E-state index contributed by atoms with van der Waals surface area (Å²) in [7, 11) is 0. The van der Waals surface area contributed by atoms with Gasteiger partial charge in [-0.2, -0.15) is 0 Å². The molecule has 8 nitrogen and oxygen atoms in total. The number of ether oxygens (including phenoxy) is 2. The van der Waals surface area contributed by atoms with E-state index in [9.17, 15) is 30.0 Å². The molecule has 2 fully saturated rings. The average molecular weight is 563 g/mol. The van der Waals surface area contributed by atoms with Crippen molar-refractivity contribution in [2.24, 2.45) is 40.4 Å². The molecule has 0 radical (unpaired) electrons. The molecule has 4 N–H and O–H groups in total. The van der Waals surface area contributed by atoms with E-state index in [2.05, 4.69) is 6.92 Å². The Morgan fingerprint density at radius 3 is 2.35 bits per heavy atom. The molecule has 0 heterocycles. The molecule has 2 unspecified atom stereocenters. The second-order valence-corrected chi connectivity index (χ2v) is 14.0. The van der Waals surface area contributed by atoms with Crippen LogP contribution in [0.4, 0.5) is 0 Å². The lowest BCUT2D eigenvalue weighted by atomic mass is 9.58. The van der Waals surface area contributed by atoms with Crippen molar-refractivity contribution in [1.29, 1.82) is 0 Å². The summed E-state index contributed by atoms with van der Waals surface area (Å²) in [5, 5.41) is 47.6. The molecule has 0 aromatic heterocycles. The molecule has 4 rings (SSSR count). The van der Waals surface area contributed by atoms with E-state index in [0.717, 1.165) is 19.3 Å².